The van der Waals surface area contributed by atoms with Crippen LogP contribution in [0.5, 0.6) is 23.0 Å². The average Bonchev–Trinajstić information content (AvgIpc) is 3.81. The van der Waals surface area contributed by atoms with Crippen molar-refractivity contribution in [3.05, 3.63) is 107 Å². The van der Waals surface area contributed by atoms with Crippen molar-refractivity contribution in [2.75, 3.05) is 13.2 Å². The van der Waals surface area contributed by atoms with Crippen LogP contribution in [0.3, 0.4) is 0 Å². The monoisotopic (exact) mass is 900 g/mol. The Balaban J connectivity index is 0.000000236. The first-order valence-electron chi connectivity index (χ1n) is 21.7. The number of hydrogen-bond acceptors (Lipinski definition) is 10. The molecule has 4 heterocycles. The van der Waals surface area contributed by atoms with E-state index < -0.39 is 23.9 Å². The summed E-state index contributed by atoms with van der Waals surface area (Å²) in [6.07, 6.45) is 7.98. The molecule has 0 saturated carbocycles. The normalized spacial score (nSPS) is 16.4. The molecule has 0 spiro atoms. The number of aryl methyl sites for hydroxylation is 4. The molecule has 4 aromatic carbocycles. The lowest BCUT2D eigenvalue weighted by molar-refractivity contribution is 0.0522. The van der Waals surface area contributed by atoms with Crippen LogP contribution < -0.4 is 18.9 Å². The van der Waals surface area contributed by atoms with Gasteiger partial charge in [0.25, 0.3) is 0 Å². The molecule has 0 amide bonds. The molecule has 0 saturated heterocycles. The number of ether oxygens (including phenoxy) is 5. The molecule has 63 heavy (non-hydrogen) atoms. The molecule has 2 aliphatic heterocycles. The largest absolute Gasteiger partial charge is 0.490 e. The highest BCUT2D eigenvalue weighted by Crippen LogP contribution is 2.32. The average molecular weight is 901 g/mol. The van der Waals surface area contributed by atoms with Gasteiger partial charge in [0.1, 0.15) is 41.8 Å². The van der Waals surface area contributed by atoms with Crippen LogP contribution in [0.15, 0.2) is 84.9 Å². The molecule has 0 radical (unpaired) electrons. The highest BCUT2D eigenvalue weighted by Gasteiger charge is 2.24. The Morgan fingerprint density at radius 3 is 1.84 bits per heavy atom. The van der Waals surface area contributed by atoms with E-state index in [2.05, 4.69) is 33.5 Å². The van der Waals surface area contributed by atoms with Crippen LogP contribution in [0.2, 0.25) is 0 Å². The fourth-order valence-corrected chi connectivity index (χ4v) is 8.06. The van der Waals surface area contributed by atoms with Crippen molar-refractivity contribution in [2.45, 2.75) is 129 Å². The van der Waals surface area contributed by atoms with Gasteiger partial charge in [-0.05, 0) is 146 Å². The van der Waals surface area contributed by atoms with Gasteiger partial charge in [-0.15, -0.1) is 0 Å². The van der Waals surface area contributed by atoms with Crippen LogP contribution in [-0.4, -0.2) is 79.5 Å². The van der Waals surface area contributed by atoms with E-state index in [4.69, 9.17) is 23.7 Å². The Morgan fingerprint density at radius 1 is 0.762 bits per heavy atom. The first kappa shape index (κ1) is 49.1. The molecular formula is C49H64N4O8S2. The topological polar surface area (TPSA) is 150 Å². The van der Waals surface area contributed by atoms with E-state index in [0.29, 0.717) is 29.8 Å². The molecule has 6 aromatic rings. The maximum atomic E-state index is 12.6. The number of nitrogens with zero attached hydrogens (tertiary/aromatic N) is 3. The fraction of sp³-hybridized carbons (Fsp3) is 0.449. The lowest BCUT2D eigenvalue weighted by Crippen LogP contribution is -2.27. The van der Waals surface area contributed by atoms with Crippen LogP contribution in [0, 0.1) is 13.8 Å². The molecule has 0 fully saturated rings. The van der Waals surface area contributed by atoms with E-state index >= 15 is 0 Å². The zero-order chi connectivity index (χ0) is 42.9. The van der Waals surface area contributed by atoms with Crippen molar-refractivity contribution in [1.29, 1.82) is 0 Å². The Hall–Kier alpha value is -4.89. The quantitative estimate of drug-likeness (QED) is 0.0965. The number of benzene rings is 4. The predicted molar refractivity (Wildman–Crippen MR) is 257 cm³/mol. The third kappa shape index (κ3) is 13.1. The van der Waals surface area contributed by atoms with E-state index in [1.165, 1.54) is 15.8 Å². The number of rotatable bonds is 14. The van der Waals surface area contributed by atoms with Crippen molar-refractivity contribution in [3.8, 4) is 23.0 Å². The number of hydrogen-bond donors (Lipinski definition) is 3. The Bertz CT molecular complexity index is 2390. The number of nitrogens with one attached hydrogen (secondary N) is 1. The SMILES string of the molecule is Cc1[nH]nc2cccc(OC[C@@H](O)CCCC3CCc4ccccc4O3)c12.Cc1nn(C(=O)OC(C)(C)C)c2cccc(OC[C@@H](O)CCCC3CCc4ccccc4O3)c12.S.S. The highest BCUT2D eigenvalue weighted by molar-refractivity contribution is 7.59. The van der Waals surface area contributed by atoms with Gasteiger partial charge in [-0.25, -0.2) is 4.79 Å². The number of para-hydroxylation sites is 2. The number of fused-ring (bicyclic) bond motifs is 4. The van der Waals surface area contributed by atoms with Gasteiger partial charge in [-0.2, -0.15) is 41.9 Å². The fourth-order valence-electron chi connectivity index (χ4n) is 8.06. The van der Waals surface area contributed by atoms with Crippen molar-refractivity contribution in [2.24, 2.45) is 0 Å². The maximum absolute atomic E-state index is 12.6. The molecule has 14 heteroatoms. The molecule has 2 aliphatic rings. The van der Waals surface area contributed by atoms with E-state index in [9.17, 15) is 15.0 Å². The Kier molecular flexibility index (Phi) is 17.7. The number of aliphatic hydroxyl groups excluding tert-OH is 2. The second-order valence-corrected chi connectivity index (χ2v) is 17.2. The van der Waals surface area contributed by atoms with E-state index in [0.717, 1.165) is 90.6 Å². The first-order valence-corrected chi connectivity index (χ1v) is 21.7. The zero-order valence-electron chi connectivity index (χ0n) is 37.1. The predicted octanol–water partition coefficient (Wildman–Crippen LogP) is 9.83. The van der Waals surface area contributed by atoms with Gasteiger partial charge in [0.05, 0.1) is 51.9 Å². The summed E-state index contributed by atoms with van der Waals surface area (Å²) in [5.41, 5.74) is 5.10. The zero-order valence-corrected chi connectivity index (χ0v) is 39.1. The summed E-state index contributed by atoms with van der Waals surface area (Å²) in [6.45, 7) is 9.72. The lowest BCUT2D eigenvalue weighted by Gasteiger charge is -2.26. The smallest absolute Gasteiger partial charge is 0.435 e. The van der Waals surface area contributed by atoms with Gasteiger partial charge >= 0.3 is 6.09 Å². The van der Waals surface area contributed by atoms with Crippen molar-refractivity contribution in [1.82, 2.24) is 20.0 Å². The molecule has 2 aromatic heterocycles. The maximum Gasteiger partial charge on any atom is 0.435 e. The number of aromatic nitrogens is 4. The summed E-state index contributed by atoms with van der Waals surface area (Å²) in [4.78, 5) is 12.6. The Labute approximate surface area is 384 Å². The Morgan fingerprint density at radius 2 is 1.29 bits per heavy atom. The summed E-state index contributed by atoms with van der Waals surface area (Å²) in [6, 6.07) is 27.7. The minimum Gasteiger partial charge on any atom is -0.490 e. The van der Waals surface area contributed by atoms with Gasteiger partial charge in [-0.1, -0.05) is 48.5 Å². The number of carbonyl (C=O) groups is 1. The summed E-state index contributed by atoms with van der Waals surface area (Å²) in [5, 5.41) is 34.1. The summed E-state index contributed by atoms with van der Waals surface area (Å²) in [5.74, 6) is 3.36. The molecule has 4 atom stereocenters. The summed E-state index contributed by atoms with van der Waals surface area (Å²) < 4.78 is 30.7. The standard InChI is InChI=1S/C27H34N2O5.C22H26N2O3.2H2S/c1-18-25-22(29(28-18)26(31)34-27(2,3)4)12-8-14-24(25)32-17-20(30)10-7-11-21-16-15-19-9-5-6-13-23(19)33-21;1-15-22-19(24-23-15)9-5-11-21(22)26-14-17(25)7-4-8-18-13-12-16-6-2-3-10-20(16)27-18;;/h5-6,8-9,12-14,20-21,30H,7,10-11,15-17H2,1-4H3;2-3,5-6,9-11,17-18,25H,4,7-8,12-14H2,1H3,(H,23,24);2*1H2/t20-,21?;17-,18?;;/m00../s1. The van der Waals surface area contributed by atoms with E-state index in [1.54, 1.807) is 0 Å². The first-order chi connectivity index (χ1) is 29.4. The molecule has 0 bridgehead atoms. The molecule has 3 N–H and O–H groups in total. The third-order valence-electron chi connectivity index (χ3n) is 11.1. The second kappa shape index (κ2) is 22.6. The highest BCUT2D eigenvalue weighted by atomic mass is 32.1. The second-order valence-electron chi connectivity index (χ2n) is 17.2. The summed E-state index contributed by atoms with van der Waals surface area (Å²) >= 11 is 0. The van der Waals surface area contributed by atoms with Gasteiger partial charge in [0.2, 0.25) is 0 Å². The molecule has 340 valence electrons. The molecule has 2 unspecified atom stereocenters. The van der Waals surface area contributed by atoms with Gasteiger partial charge in [0, 0.05) is 5.69 Å². The molecule has 0 aliphatic carbocycles. The van der Waals surface area contributed by atoms with Crippen LogP contribution in [0.25, 0.3) is 21.8 Å². The summed E-state index contributed by atoms with van der Waals surface area (Å²) in [7, 11) is 0. The molecule has 12 nitrogen and oxygen atoms in total. The number of carbonyl (C=O) groups excluding carboxylic acids is 1. The minimum absolute atomic E-state index is 0. The minimum atomic E-state index is -0.618. The van der Waals surface area contributed by atoms with Gasteiger partial charge < -0.3 is 33.9 Å². The van der Waals surface area contributed by atoms with Crippen LogP contribution in [0.1, 0.15) is 94.7 Å². The van der Waals surface area contributed by atoms with Gasteiger partial charge in [-0.3, -0.25) is 5.10 Å². The number of H-pyrrole nitrogens is 1. The molecular weight excluding hydrogens is 837 g/mol. The lowest BCUT2D eigenvalue weighted by atomic mass is 9.98. The number of aromatic amines is 1. The van der Waals surface area contributed by atoms with Crippen molar-refractivity contribution < 1.29 is 38.7 Å². The number of aliphatic hydroxyl groups is 2. The van der Waals surface area contributed by atoms with Crippen LogP contribution >= 0.6 is 27.0 Å². The van der Waals surface area contributed by atoms with Crippen LogP contribution in [0.4, 0.5) is 4.79 Å². The van der Waals surface area contributed by atoms with Crippen molar-refractivity contribution >= 4 is 54.9 Å². The van der Waals surface area contributed by atoms with E-state index in [1.807, 2.05) is 101 Å². The van der Waals surface area contributed by atoms with Crippen LogP contribution in [-0.2, 0) is 17.6 Å². The molecule has 8 rings (SSSR count). The van der Waals surface area contributed by atoms with Crippen molar-refractivity contribution in [3.63, 3.8) is 0 Å². The van der Waals surface area contributed by atoms with E-state index in [-0.39, 0.29) is 52.4 Å². The van der Waals surface area contributed by atoms with Gasteiger partial charge in [0.15, 0.2) is 0 Å². The third-order valence-corrected chi connectivity index (χ3v) is 11.1.